The lowest BCUT2D eigenvalue weighted by Crippen LogP contribution is -2.01. The Kier molecular flexibility index (Phi) is 2.06. The molecule has 0 saturated carbocycles. The van der Waals surface area contributed by atoms with Crippen molar-refractivity contribution in [3.63, 3.8) is 0 Å². The van der Waals surface area contributed by atoms with E-state index >= 15 is 0 Å². The third kappa shape index (κ3) is 1.57. The van der Waals surface area contributed by atoms with Crippen molar-refractivity contribution in [2.45, 2.75) is 0 Å². The van der Waals surface area contributed by atoms with Crippen LogP contribution < -0.4 is 11.2 Å². The fourth-order valence-electron chi connectivity index (χ4n) is 0.591. The summed E-state index contributed by atoms with van der Waals surface area (Å²) in [6.07, 6.45) is 0. The van der Waals surface area contributed by atoms with Crippen LogP contribution in [0.25, 0.3) is 0 Å². The second kappa shape index (κ2) is 2.84. The largest absolute Gasteiger partial charge is 0.396 e. The molecule has 0 amide bonds. The molecule has 10 heavy (non-hydrogen) atoms. The van der Waals surface area contributed by atoms with Gasteiger partial charge in [-0.05, 0) is 18.2 Å². The van der Waals surface area contributed by atoms with Crippen molar-refractivity contribution in [2.24, 2.45) is 0 Å². The minimum Gasteiger partial charge on any atom is -0.396 e. The van der Waals surface area contributed by atoms with E-state index in [1.807, 2.05) is 0 Å². The lowest BCUT2D eigenvalue weighted by molar-refractivity contribution is 1.65. The first kappa shape index (κ1) is 7.28. The number of nitrogens with two attached hydrogens (primary N) is 1. The Morgan fingerprint density at radius 3 is 2.80 bits per heavy atom. The van der Waals surface area contributed by atoms with Gasteiger partial charge in [0, 0.05) is 4.47 Å². The number of anilines is 1. The molecule has 1 rings (SSSR count). The van der Waals surface area contributed by atoms with Gasteiger partial charge in [0.25, 0.3) is 0 Å². The summed E-state index contributed by atoms with van der Waals surface area (Å²) in [6, 6.07) is 6.43. The molecule has 0 spiro atoms. The predicted molar refractivity (Wildman–Crippen MR) is 44.8 cm³/mol. The maximum atomic E-state index is 10.8. The van der Waals surface area contributed by atoms with Crippen molar-refractivity contribution in [1.82, 2.24) is 0 Å². The first-order valence-corrected chi connectivity index (χ1v) is 3.55. The first-order valence-electron chi connectivity index (χ1n) is 2.75. The van der Waals surface area contributed by atoms with E-state index in [0.717, 1.165) is 4.47 Å². The second-order valence-corrected chi connectivity index (χ2v) is 2.79. The van der Waals surface area contributed by atoms with E-state index in [9.17, 15) is 4.79 Å². The zero-order valence-electron chi connectivity index (χ0n) is 5.17. The molecule has 0 aliphatic rings. The zero-order chi connectivity index (χ0) is 7.56. The molecule has 0 radical (unpaired) electrons. The highest BCUT2D eigenvalue weighted by Crippen LogP contribution is 2.07. The van der Waals surface area contributed by atoms with Crippen molar-refractivity contribution in [3.8, 4) is 0 Å². The molecule has 0 heterocycles. The van der Waals surface area contributed by atoms with E-state index in [-0.39, 0.29) is 11.1 Å². The molecule has 52 valence electrons. The van der Waals surface area contributed by atoms with Gasteiger partial charge in [-0.3, -0.25) is 4.79 Å². The molecule has 0 fully saturated rings. The summed E-state index contributed by atoms with van der Waals surface area (Å²) in [5, 5.41) is 0. The normalized spacial score (nSPS) is 9.30. The molecular weight excluding hydrogens is 194 g/mol. The van der Waals surface area contributed by atoms with Gasteiger partial charge in [0.05, 0.1) is 5.69 Å². The summed E-state index contributed by atoms with van der Waals surface area (Å²) in [5.74, 6) is 0. The van der Waals surface area contributed by atoms with Crippen LogP contribution in [0.3, 0.4) is 0 Å². The zero-order valence-corrected chi connectivity index (χ0v) is 6.76. The smallest absolute Gasteiger partial charge is 0.201 e. The highest BCUT2D eigenvalue weighted by molar-refractivity contribution is 9.10. The fourth-order valence-corrected chi connectivity index (χ4v) is 0.991. The van der Waals surface area contributed by atoms with E-state index in [1.54, 1.807) is 18.2 Å². The maximum absolute atomic E-state index is 10.8. The van der Waals surface area contributed by atoms with Crippen LogP contribution in [-0.4, -0.2) is 0 Å². The van der Waals surface area contributed by atoms with Crippen LogP contribution in [0.15, 0.2) is 33.5 Å². The summed E-state index contributed by atoms with van der Waals surface area (Å²) in [4.78, 5) is 10.8. The Morgan fingerprint density at radius 1 is 1.40 bits per heavy atom. The van der Waals surface area contributed by atoms with Crippen LogP contribution in [-0.2, 0) is 0 Å². The Balaban J connectivity index is 3.46. The Morgan fingerprint density at radius 2 is 2.10 bits per heavy atom. The van der Waals surface area contributed by atoms with Gasteiger partial charge < -0.3 is 5.73 Å². The van der Waals surface area contributed by atoms with Gasteiger partial charge in [-0.1, -0.05) is 22.0 Å². The highest BCUT2D eigenvalue weighted by Gasteiger charge is 1.89. The Hall–Kier alpha value is -0.830. The maximum Gasteiger partial charge on any atom is 0.201 e. The average molecular weight is 200 g/mol. The number of nitrogen functional groups attached to an aromatic ring is 1. The van der Waals surface area contributed by atoms with E-state index < -0.39 is 0 Å². The predicted octanol–water partition coefficient (Wildman–Crippen LogP) is 1.39. The molecule has 3 heteroatoms. The van der Waals surface area contributed by atoms with Crippen LogP contribution in [0.2, 0.25) is 0 Å². The van der Waals surface area contributed by atoms with Crippen molar-refractivity contribution < 1.29 is 0 Å². The van der Waals surface area contributed by atoms with Crippen molar-refractivity contribution in [2.75, 3.05) is 5.73 Å². The Bertz CT molecular complexity index is 298. The topological polar surface area (TPSA) is 43.1 Å². The van der Waals surface area contributed by atoms with Gasteiger partial charge in [-0.25, -0.2) is 0 Å². The summed E-state index contributed by atoms with van der Waals surface area (Å²) in [6.45, 7) is 0. The fraction of sp³-hybridized carbons (Fsp3) is 0. The number of rotatable bonds is 0. The lowest BCUT2D eigenvalue weighted by atomic mass is 10.4. The minimum atomic E-state index is -0.147. The van der Waals surface area contributed by atoms with Crippen LogP contribution >= 0.6 is 15.9 Å². The molecule has 2 nitrogen and oxygen atoms in total. The molecule has 0 aliphatic heterocycles. The van der Waals surface area contributed by atoms with Gasteiger partial charge >= 0.3 is 0 Å². The molecule has 0 saturated heterocycles. The summed E-state index contributed by atoms with van der Waals surface area (Å²) >= 11 is 3.21. The van der Waals surface area contributed by atoms with E-state index in [1.165, 1.54) is 6.07 Å². The summed E-state index contributed by atoms with van der Waals surface area (Å²) < 4.78 is 0.812. The standard InChI is InChI=1S/C7H6BrNO/c8-5-2-1-3-7(10)6(9)4-5/h1-4H,(H2,9,10). The Labute approximate surface area is 66.8 Å². The van der Waals surface area contributed by atoms with Gasteiger partial charge in [-0.2, -0.15) is 0 Å². The quantitative estimate of drug-likeness (QED) is 0.687. The van der Waals surface area contributed by atoms with E-state index in [4.69, 9.17) is 5.73 Å². The SMILES string of the molecule is Nc1cc(Br)cccc1=O. The number of halogens is 1. The lowest BCUT2D eigenvalue weighted by Gasteiger charge is -1.80. The average Bonchev–Trinajstić information content (AvgIpc) is 1.96. The molecule has 1 aromatic carbocycles. The molecule has 0 bridgehead atoms. The van der Waals surface area contributed by atoms with Crippen LogP contribution in [0, 0.1) is 0 Å². The third-order valence-electron chi connectivity index (χ3n) is 1.08. The summed E-state index contributed by atoms with van der Waals surface area (Å²) in [7, 11) is 0. The molecule has 0 aromatic heterocycles. The minimum absolute atomic E-state index is 0.147. The van der Waals surface area contributed by atoms with Crippen LogP contribution in [0.5, 0.6) is 0 Å². The highest BCUT2D eigenvalue weighted by atomic mass is 79.9. The second-order valence-electron chi connectivity index (χ2n) is 1.87. The van der Waals surface area contributed by atoms with Crippen molar-refractivity contribution in [1.29, 1.82) is 0 Å². The molecule has 1 aromatic rings. The van der Waals surface area contributed by atoms with Crippen LogP contribution in [0.1, 0.15) is 0 Å². The molecule has 0 aliphatic carbocycles. The van der Waals surface area contributed by atoms with Gasteiger partial charge in [0.2, 0.25) is 5.43 Å². The third-order valence-corrected chi connectivity index (χ3v) is 1.57. The van der Waals surface area contributed by atoms with Crippen molar-refractivity contribution >= 4 is 21.6 Å². The van der Waals surface area contributed by atoms with Gasteiger partial charge in [0.15, 0.2) is 0 Å². The van der Waals surface area contributed by atoms with Crippen LogP contribution in [0.4, 0.5) is 5.69 Å². The first-order chi connectivity index (χ1) is 4.70. The monoisotopic (exact) mass is 199 g/mol. The van der Waals surface area contributed by atoms with E-state index in [2.05, 4.69) is 15.9 Å². The number of hydrogen-bond acceptors (Lipinski definition) is 2. The molecule has 0 unspecified atom stereocenters. The van der Waals surface area contributed by atoms with Gasteiger partial charge in [0.1, 0.15) is 0 Å². The van der Waals surface area contributed by atoms with E-state index in [0.29, 0.717) is 0 Å². The molecule has 0 atom stereocenters. The van der Waals surface area contributed by atoms with Gasteiger partial charge in [-0.15, -0.1) is 0 Å². The number of hydrogen-bond donors (Lipinski definition) is 1. The molecule has 2 N–H and O–H groups in total. The molecular formula is C7H6BrNO. The van der Waals surface area contributed by atoms with Crippen molar-refractivity contribution in [3.05, 3.63) is 39.0 Å². The summed E-state index contributed by atoms with van der Waals surface area (Å²) in [5.41, 5.74) is 5.47.